The van der Waals surface area contributed by atoms with Gasteiger partial charge in [0.15, 0.2) is 0 Å². The number of nitrogens with one attached hydrogen (secondary N) is 1. The van der Waals surface area contributed by atoms with Crippen molar-refractivity contribution >= 4 is 29.2 Å². The maximum Gasteiger partial charge on any atom is 0.320 e. The van der Waals surface area contributed by atoms with Crippen LogP contribution in [0, 0.1) is 23.2 Å². The lowest BCUT2D eigenvalue weighted by molar-refractivity contribution is -0.163. The first-order valence-electron chi connectivity index (χ1n) is 13.4. The number of carbonyl (C=O) groups excluding carboxylic acids is 2. The SMILES string of the molecule is O=C(N1CCN(c2cccc(Cl)c2)CC1)N1CCCC(NC(=O)C23CC4CC(C2)C(O)C(C4)C3)C1. The van der Waals surface area contributed by atoms with E-state index in [0.29, 0.717) is 37.4 Å². The summed E-state index contributed by atoms with van der Waals surface area (Å²) in [5.74, 6) is 1.36. The number of piperazine rings is 1. The van der Waals surface area contributed by atoms with Crippen molar-refractivity contribution in [3.8, 4) is 0 Å². The Labute approximate surface area is 212 Å². The van der Waals surface area contributed by atoms with E-state index in [4.69, 9.17) is 11.6 Å². The number of benzene rings is 1. The van der Waals surface area contributed by atoms with Gasteiger partial charge in [-0.2, -0.15) is 0 Å². The molecule has 3 unspecified atom stereocenters. The van der Waals surface area contributed by atoms with Gasteiger partial charge in [0.2, 0.25) is 5.91 Å². The molecule has 1 aromatic carbocycles. The Morgan fingerprint density at radius 2 is 1.74 bits per heavy atom. The molecule has 4 bridgehead atoms. The predicted octanol–water partition coefficient (Wildman–Crippen LogP) is 3.35. The number of aliphatic hydroxyl groups is 1. The lowest BCUT2D eigenvalue weighted by atomic mass is 9.48. The molecule has 1 aromatic rings. The summed E-state index contributed by atoms with van der Waals surface area (Å²) in [7, 11) is 0. The zero-order chi connectivity index (χ0) is 24.2. The molecule has 2 aliphatic heterocycles. The third-order valence-corrected chi connectivity index (χ3v) is 9.69. The Kier molecular flexibility index (Phi) is 6.12. The second-order valence-corrected chi connectivity index (χ2v) is 12.2. The van der Waals surface area contributed by atoms with Gasteiger partial charge in [-0.25, -0.2) is 4.79 Å². The molecule has 0 aromatic heterocycles. The van der Waals surface area contributed by atoms with Crippen LogP contribution in [0.2, 0.25) is 5.02 Å². The second kappa shape index (κ2) is 9.15. The molecule has 4 saturated carbocycles. The van der Waals surface area contributed by atoms with Gasteiger partial charge in [-0.3, -0.25) is 4.79 Å². The van der Waals surface area contributed by atoms with Crippen molar-refractivity contribution < 1.29 is 14.7 Å². The summed E-state index contributed by atoms with van der Waals surface area (Å²) in [6.07, 6.45) is 6.44. The van der Waals surface area contributed by atoms with Gasteiger partial charge < -0.3 is 25.1 Å². The number of carbonyl (C=O) groups is 2. The van der Waals surface area contributed by atoms with Gasteiger partial charge in [-0.15, -0.1) is 0 Å². The van der Waals surface area contributed by atoms with Crippen LogP contribution in [0.1, 0.15) is 44.9 Å². The number of rotatable bonds is 3. The van der Waals surface area contributed by atoms with Gasteiger partial charge in [-0.05, 0) is 80.9 Å². The number of hydrogen-bond acceptors (Lipinski definition) is 4. The first-order chi connectivity index (χ1) is 16.9. The number of piperidine rings is 1. The molecule has 2 saturated heterocycles. The fourth-order valence-electron chi connectivity index (χ4n) is 7.91. The van der Waals surface area contributed by atoms with Crippen LogP contribution in [-0.2, 0) is 4.79 Å². The van der Waals surface area contributed by atoms with E-state index in [9.17, 15) is 14.7 Å². The summed E-state index contributed by atoms with van der Waals surface area (Å²) in [4.78, 5) is 33.0. The Morgan fingerprint density at radius 3 is 2.46 bits per heavy atom. The third kappa shape index (κ3) is 4.39. The van der Waals surface area contributed by atoms with Crippen LogP contribution in [0.4, 0.5) is 10.5 Å². The molecule has 190 valence electrons. The summed E-state index contributed by atoms with van der Waals surface area (Å²) in [5, 5.41) is 14.7. The summed E-state index contributed by atoms with van der Waals surface area (Å²) in [6, 6.07) is 7.98. The number of nitrogens with zero attached hydrogens (tertiary/aromatic N) is 3. The van der Waals surface area contributed by atoms with E-state index in [-0.39, 0.29) is 29.5 Å². The number of anilines is 1. The van der Waals surface area contributed by atoms with E-state index in [1.807, 2.05) is 28.0 Å². The standard InChI is InChI=1S/C27H37ClN4O3/c28-21-3-1-5-23(13-21)30-7-9-31(10-8-30)26(35)32-6-2-4-22(17-32)29-25(34)27-14-18-11-19(15-27)24(33)20(12-18)16-27/h1,3,5,13,18-20,22,24,33H,2,4,6-12,14-17H2,(H,29,34). The Balaban J connectivity index is 1.04. The van der Waals surface area contributed by atoms with E-state index in [0.717, 1.165) is 75.3 Å². The normalized spacial score (nSPS) is 36.4. The maximum absolute atomic E-state index is 13.5. The summed E-state index contributed by atoms with van der Waals surface area (Å²) >= 11 is 6.15. The molecule has 7 rings (SSSR count). The molecule has 3 atom stereocenters. The molecule has 0 radical (unpaired) electrons. The van der Waals surface area contributed by atoms with E-state index in [1.165, 1.54) is 0 Å². The van der Waals surface area contributed by atoms with Gasteiger partial charge in [0.25, 0.3) is 0 Å². The lowest BCUT2D eigenvalue weighted by Crippen LogP contribution is -2.61. The number of aliphatic hydroxyl groups excluding tert-OH is 1. The quantitative estimate of drug-likeness (QED) is 0.667. The minimum atomic E-state index is -0.293. The van der Waals surface area contributed by atoms with Gasteiger partial charge in [-0.1, -0.05) is 17.7 Å². The summed E-state index contributed by atoms with van der Waals surface area (Å²) in [6.45, 7) is 4.30. The number of likely N-dealkylation sites (tertiary alicyclic amines) is 1. The molecular weight excluding hydrogens is 464 g/mol. The second-order valence-electron chi connectivity index (χ2n) is 11.7. The van der Waals surface area contributed by atoms with Crippen molar-refractivity contribution in [3.05, 3.63) is 29.3 Å². The van der Waals surface area contributed by atoms with Crippen LogP contribution in [0.5, 0.6) is 0 Å². The Hall–Kier alpha value is -1.99. The van der Waals surface area contributed by atoms with Crippen LogP contribution < -0.4 is 10.2 Å². The van der Waals surface area contributed by atoms with Crippen molar-refractivity contribution in [1.29, 1.82) is 0 Å². The molecular formula is C27H37ClN4O3. The Bertz CT molecular complexity index is 965. The first-order valence-corrected chi connectivity index (χ1v) is 13.8. The van der Waals surface area contributed by atoms with E-state index in [1.54, 1.807) is 0 Å². The van der Waals surface area contributed by atoms with Crippen molar-refractivity contribution in [3.63, 3.8) is 0 Å². The average molecular weight is 501 g/mol. The van der Waals surface area contributed by atoms with E-state index in [2.05, 4.69) is 16.3 Å². The molecule has 8 heteroatoms. The van der Waals surface area contributed by atoms with Crippen LogP contribution in [0.3, 0.4) is 0 Å². The minimum Gasteiger partial charge on any atom is -0.393 e. The number of halogens is 1. The summed E-state index contributed by atoms with van der Waals surface area (Å²) < 4.78 is 0. The van der Waals surface area contributed by atoms with Crippen LogP contribution in [0.15, 0.2) is 24.3 Å². The van der Waals surface area contributed by atoms with Crippen molar-refractivity contribution in [2.24, 2.45) is 23.2 Å². The molecule has 4 aliphatic carbocycles. The Morgan fingerprint density at radius 1 is 1.00 bits per heavy atom. The van der Waals surface area contributed by atoms with Gasteiger partial charge >= 0.3 is 6.03 Å². The molecule has 2 heterocycles. The predicted molar refractivity (Wildman–Crippen MR) is 135 cm³/mol. The third-order valence-electron chi connectivity index (χ3n) is 9.46. The zero-order valence-electron chi connectivity index (χ0n) is 20.4. The van der Waals surface area contributed by atoms with Gasteiger partial charge in [0.05, 0.1) is 11.5 Å². The topological polar surface area (TPSA) is 76.1 Å². The maximum atomic E-state index is 13.5. The lowest BCUT2D eigenvalue weighted by Gasteiger charge is -2.58. The van der Waals surface area contributed by atoms with Crippen molar-refractivity contribution in [2.45, 2.75) is 57.1 Å². The monoisotopic (exact) mass is 500 g/mol. The number of hydrogen-bond donors (Lipinski definition) is 2. The fraction of sp³-hybridized carbons (Fsp3) is 0.704. The fourth-order valence-corrected chi connectivity index (χ4v) is 8.10. The van der Waals surface area contributed by atoms with Crippen LogP contribution >= 0.6 is 11.6 Å². The average Bonchev–Trinajstić information content (AvgIpc) is 2.86. The molecule has 6 aliphatic rings. The molecule has 2 N–H and O–H groups in total. The first kappa shape index (κ1) is 23.4. The highest BCUT2D eigenvalue weighted by atomic mass is 35.5. The van der Waals surface area contributed by atoms with E-state index < -0.39 is 0 Å². The number of amides is 3. The molecule has 6 fully saturated rings. The molecule has 3 amide bonds. The largest absolute Gasteiger partial charge is 0.393 e. The highest BCUT2D eigenvalue weighted by Gasteiger charge is 2.58. The highest BCUT2D eigenvalue weighted by Crippen LogP contribution is 2.60. The summed E-state index contributed by atoms with van der Waals surface area (Å²) in [5.41, 5.74) is 0.807. The van der Waals surface area contributed by atoms with Gasteiger partial charge in [0.1, 0.15) is 0 Å². The van der Waals surface area contributed by atoms with Crippen molar-refractivity contribution in [2.75, 3.05) is 44.2 Å². The van der Waals surface area contributed by atoms with Crippen molar-refractivity contribution in [1.82, 2.24) is 15.1 Å². The van der Waals surface area contributed by atoms with Crippen LogP contribution in [0.25, 0.3) is 0 Å². The molecule has 35 heavy (non-hydrogen) atoms. The minimum absolute atomic E-state index is 0.0193. The molecule has 0 spiro atoms. The van der Waals surface area contributed by atoms with E-state index >= 15 is 0 Å². The molecule has 7 nitrogen and oxygen atoms in total. The highest BCUT2D eigenvalue weighted by molar-refractivity contribution is 6.30. The van der Waals surface area contributed by atoms with Crippen LogP contribution in [-0.4, -0.2) is 78.3 Å². The van der Waals surface area contributed by atoms with Gasteiger partial charge in [0, 0.05) is 56.0 Å². The smallest absolute Gasteiger partial charge is 0.320 e. The number of urea groups is 1. The zero-order valence-corrected chi connectivity index (χ0v) is 21.1.